The van der Waals surface area contributed by atoms with Crippen LogP contribution < -0.4 is 16.4 Å². The molecule has 1 aromatic heterocycles. The largest absolute Gasteiger partial charge is 0.462 e. The van der Waals surface area contributed by atoms with Crippen molar-refractivity contribution in [1.82, 2.24) is 10.3 Å². The molecule has 0 saturated carbocycles. The Morgan fingerprint density at radius 1 is 1.25 bits per heavy atom. The van der Waals surface area contributed by atoms with E-state index < -0.39 is 23.8 Å². The molecule has 0 aliphatic carbocycles. The first kappa shape index (κ1) is 21.4. The van der Waals surface area contributed by atoms with Crippen LogP contribution in [-0.4, -0.2) is 35.4 Å². The predicted octanol–water partition coefficient (Wildman–Crippen LogP) is 2.60. The maximum Gasteiger partial charge on any atom is 0.350 e. The molecule has 4 N–H and O–H groups in total. The lowest BCUT2D eigenvalue weighted by atomic mass is 10.0. The van der Waals surface area contributed by atoms with E-state index in [9.17, 15) is 14.4 Å². The minimum absolute atomic E-state index is 0.181. The number of nitrogens with zero attached hydrogens (tertiary/aromatic N) is 1. The minimum Gasteiger partial charge on any atom is -0.462 e. The van der Waals surface area contributed by atoms with E-state index in [0.717, 1.165) is 11.3 Å². The van der Waals surface area contributed by atoms with Crippen LogP contribution in [0.3, 0.4) is 0 Å². The Bertz CT molecular complexity index is 879. The number of rotatable bonds is 7. The molecule has 1 heterocycles. The fraction of sp³-hybridized carbons (Fsp3) is 0.368. The van der Waals surface area contributed by atoms with Gasteiger partial charge in [0.05, 0.1) is 17.9 Å². The summed E-state index contributed by atoms with van der Waals surface area (Å²) >= 11 is 1.03. The van der Waals surface area contributed by atoms with E-state index in [0.29, 0.717) is 21.8 Å². The number of thiazole rings is 1. The zero-order valence-electron chi connectivity index (χ0n) is 16.2. The van der Waals surface area contributed by atoms with Crippen LogP contribution in [0.5, 0.6) is 0 Å². The first-order valence-electron chi connectivity index (χ1n) is 8.85. The molecule has 2 aromatic rings. The van der Waals surface area contributed by atoms with Crippen LogP contribution in [0.1, 0.15) is 46.5 Å². The lowest BCUT2D eigenvalue weighted by Crippen LogP contribution is -2.47. The van der Waals surface area contributed by atoms with Crippen LogP contribution in [0, 0.1) is 12.8 Å². The second-order valence-corrected chi connectivity index (χ2v) is 7.42. The van der Waals surface area contributed by atoms with Gasteiger partial charge in [0.25, 0.3) is 5.91 Å². The molecule has 0 aliphatic rings. The third-order valence-corrected chi connectivity index (χ3v) is 4.98. The highest BCUT2D eigenvalue weighted by atomic mass is 32.1. The van der Waals surface area contributed by atoms with Crippen molar-refractivity contribution in [2.24, 2.45) is 5.92 Å². The minimum atomic E-state index is -0.803. The summed E-state index contributed by atoms with van der Waals surface area (Å²) < 4.78 is 4.98. The van der Waals surface area contributed by atoms with Crippen molar-refractivity contribution in [1.29, 1.82) is 0 Å². The Hall–Kier alpha value is -2.94. The van der Waals surface area contributed by atoms with Crippen LogP contribution in [0.2, 0.25) is 0 Å². The summed E-state index contributed by atoms with van der Waals surface area (Å²) in [5, 5.41) is 5.65. The quantitative estimate of drug-likeness (QED) is 0.481. The molecule has 0 bridgehead atoms. The number of nitrogens with one attached hydrogen (secondary N) is 2. The van der Waals surface area contributed by atoms with Crippen molar-refractivity contribution >= 4 is 39.9 Å². The molecule has 8 nitrogen and oxygen atoms in total. The van der Waals surface area contributed by atoms with Crippen LogP contribution in [0.4, 0.5) is 10.8 Å². The fourth-order valence-corrected chi connectivity index (χ4v) is 3.34. The molecule has 2 amide bonds. The van der Waals surface area contributed by atoms with Crippen molar-refractivity contribution < 1.29 is 19.1 Å². The number of nitrogens with two attached hydrogens (primary N) is 1. The molecule has 0 unspecified atom stereocenters. The normalized spacial score (nSPS) is 11.8. The standard InChI is InChI=1S/C19H24N4O4S/c1-5-27-18(26)15-11(4)21-19(28-15)23-17(25)14(10(2)3)22-16(24)12-8-6-7-9-13(12)20/h6-10,14H,5,20H2,1-4H3,(H,22,24)(H,21,23,25)/t14-/m0/s1. The second-order valence-electron chi connectivity index (χ2n) is 6.43. The molecular formula is C19H24N4O4S. The zero-order chi connectivity index (χ0) is 20.8. The first-order valence-corrected chi connectivity index (χ1v) is 9.67. The van der Waals surface area contributed by atoms with E-state index in [2.05, 4.69) is 15.6 Å². The van der Waals surface area contributed by atoms with Gasteiger partial charge in [0.2, 0.25) is 5.91 Å². The number of hydrogen-bond acceptors (Lipinski definition) is 7. The Kier molecular flexibility index (Phi) is 7.11. The molecule has 1 aromatic carbocycles. The van der Waals surface area contributed by atoms with E-state index in [1.165, 1.54) is 0 Å². The van der Waals surface area contributed by atoms with Gasteiger partial charge in [0.1, 0.15) is 10.9 Å². The van der Waals surface area contributed by atoms with Crippen LogP contribution in [-0.2, 0) is 9.53 Å². The van der Waals surface area contributed by atoms with E-state index >= 15 is 0 Å². The Labute approximate surface area is 167 Å². The van der Waals surface area contributed by atoms with Crippen LogP contribution >= 0.6 is 11.3 Å². The first-order chi connectivity index (χ1) is 13.2. The van der Waals surface area contributed by atoms with Crippen LogP contribution in [0.25, 0.3) is 0 Å². The van der Waals surface area contributed by atoms with Gasteiger partial charge >= 0.3 is 5.97 Å². The average molecular weight is 404 g/mol. The summed E-state index contributed by atoms with van der Waals surface area (Å²) in [4.78, 5) is 41.7. The number of nitrogen functional groups attached to an aromatic ring is 1. The number of benzene rings is 1. The van der Waals surface area contributed by atoms with Gasteiger partial charge < -0.3 is 21.1 Å². The number of carbonyl (C=O) groups is 3. The average Bonchev–Trinajstić information content (AvgIpc) is 2.99. The monoisotopic (exact) mass is 404 g/mol. The van der Waals surface area contributed by atoms with E-state index in [1.54, 1.807) is 38.1 Å². The Balaban J connectivity index is 2.13. The number of aryl methyl sites for hydroxylation is 1. The molecule has 150 valence electrons. The Morgan fingerprint density at radius 2 is 1.93 bits per heavy atom. The van der Waals surface area contributed by atoms with Crippen molar-refractivity contribution in [3.63, 3.8) is 0 Å². The lowest BCUT2D eigenvalue weighted by Gasteiger charge is -2.21. The topological polar surface area (TPSA) is 123 Å². The highest BCUT2D eigenvalue weighted by molar-refractivity contribution is 7.17. The summed E-state index contributed by atoms with van der Waals surface area (Å²) in [6.07, 6.45) is 0. The third-order valence-electron chi connectivity index (χ3n) is 3.93. The van der Waals surface area contributed by atoms with Gasteiger partial charge in [0, 0.05) is 5.69 Å². The number of hydrogen-bond donors (Lipinski definition) is 3. The smallest absolute Gasteiger partial charge is 0.350 e. The summed E-state index contributed by atoms with van der Waals surface area (Å²) in [6, 6.07) is 5.84. The maximum atomic E-state index is 12.7. The van der Waals surface area contributed by atoms with Crippen LogP contribution in [0.15, 0.2) is 24.3 Å². The fourth-order valence-electron chi connectivity index (χ4n) is 2.48. The van der Waals surface area contributed by atoms with Gasteiger partial charge in [-0.05, 0) is 31.9 Å². The van der Waals surface area contributed by atoms with Crippen molar-refractivity contribution in [2.75, 3.05) is 17.7 Å². The van der Waals surface area contributed by atoms with Gasteiger partial charge in [-0.15, -0.1) is 0 Å². The number of amides is 2. The maximum absolute atomic E-state index is 12.7. The summed E-state index contributed by atoms with van der Waals surface area (Å²) in [5.41, 5.74) is 6.94. The number of aromatic nitrogens is 1. The number of anilines is 2. The molecule has 9 heteroatoms. The van der Waals surface area contributed by atoms with Gasteiger partial charge in [0.15, 0.2) is 5.13 Å². The SMILES string of the molecule is CCOC(=O)c1sc(NC(=O)[C@@H](NC(=O)c2ccccc2N)C(C)C)nc1C. The summed E-state index contributed by atoms with van der Waals surface area (Å²) in [6.45, 7) is 7.26. The van der Waals surface area contributed by atoms with Gasteiger partial charge in [-0.3, -0.25) is 9.59 Å². The predicted molar refractivity (Wildman–Crippen MR) is 108 cm³/mol. The molecule has 0 aliphatic heterocycles. The van der Waals surface area contributed by atoms with Crippen molar-refractivity contribution in [3.05, 3.63) is 40.4 Å². The number of para-hydroxylation sites is 1. The summed E-state index contributed by atoms with van der Waals surface area (Å²) in [7, 11) is 0. The van der Waals surface area contributed by atoms with Gasteiger partial charge in [-0.2, -0.15) is 0 Å². The van der Waals surface area contributed by atoms with Gasteiger partial charge in [-0.25, -0.2) is 9.78 Å². The van der Waals surface area contributed by atoms with Crippen molar-refractivity contribution in [3.8, 4) is 0 Å². The van der Waals surface area contributed by atoms with Gasteiger partial charge in [-0.1, -0.05) is 37.3 Å². The highest BCUT2D eigenvalue weighted by Crippen LogP contribution is 2.24. The molecule has 0 saturated heterocycles. The third kappa shape index (κ3) is 5.07. The van der Waals surface area contributed by atoms with E-state index in [-0.39, 0.29) is 17.7 Å². The van der Waals surface area contributed by atoms with E-state index in [4.69, 9.17) is 10.5 Å². The Morgan fingerprint density at radius 3 is 2.54 bits per heavy atom. The molecule has 0 fully saturated rings. The second kappa shape index (κ2) is 9.32. The number of carbonyl (C=O) groups excluding carboxylic acids is 3. The molecule has 0 spiro atoms. The lowest BCUT2D eigenvalue weighted by molar-refractivity contribution is -0.118. The van der Waals surface area contributed by atoms with Crippen molar-refractivity contribution in [2.45, 2.75) is 33.7 Å². The molecule has 28 heavy (non-hydrogen) atoms. The highest BCUT2D eigenvalue weighted by Gasteiger charge is 2.27. The molecular weight excluding hydrogens is 380 g/mol. The zero-order valence-corrected chi connectivity index (χ0v) is 17.1. The summed E-state index contributed by atoms with van der Waals surface area (Å²) in [5.74, 6) is -1.53. The molecule has 1 atom stereocenters. The van der Waals surface area contributed by atoms with E-state index in [1.807, 2.05) is 13.8 Å². The molecule has 0 radical (unpaired) electrons. The number of ether oxygens (including phenoxy) is 1. The molecule has 2 rings (SSSR count). The number of esters is 1.